The molecule has 0 heterocycles. The van der Waals surface area contributed by atoms with Crippen molar-refractivity contribution in [3.8, 4) is 0 Å². The van der Waals surface area contributed by atoms with Gasteiger partial charge in [0, 0.05) is 17.5 Å². The summed E-state index contributed by atoms with van der Waals surface area (Å²) in [6.07, 6.45) is -3.75. The van der Waals surface area contributed by atoms with Crippen LogP contribution in [-0.4, -0.2) is 19.1 Å². The van der Waals surface area contributed by atoms with Crippen LogP contribution in [0.15, 0.2) is 36.0 Å². The molecule has 0 bridgehead atoms. The van der Waals surface area contributed by atoms with Crippen LogP contribution in [0.4, 0.5) is 23.7 Å². The zero-order valence-corrected chi connectivity index (χ0v) is 12.0. The molecular weight excluding hydrogens is 301 g/mol. The van der Waals surface area contributed by atoms with E-state index in [-0.39, 0.29) is 0 Å². The van der Waals surface area contributed by atoms with E-state index in [1.54, 1.807) is 6.92 Å². The van der Waals surface area contributed by atoms with Gasteiger partial charge in [-0.1, -0.05) is 6.92 Å². The number of benzene rings is 1. The molecule has 0 aromatic heterocycles. The van der Waals surface area contributed by atoms with Gasteiger partial charge in [0.15, 0.2) is 0 Å². The number of imide groups is 1. The van der Waals surface area contributed by atoms with Crippen LogP contribution in [0.5, 0.6) is 0 Å². The third kappa shape index (κ3) is 5.47. The Bertz CT molecular complexity index is 566. The normalized spacial score (nSPS) is 11.8. The average Bonchev–Trinajstić information content (AvgIpc) is 2.45. The van der Waals surface area contributed by atoms with Crippen LogP contribution in [-0.2, 0) is 15.7 Å². The van der Waals surface area contributed by atoms with Crippen molar-refractivity contribution in [3.63, 3.8) is 0 Å². The molecule has 1 aromatic rings. The van der Waals surface area contributed by atoms with Crippen LogP contribution in [0.25, 0.3) is 0 Å². The van der Waals surface area contributed by atoms with Crippen LogP contribution < -0.4 is 10.6 Å². The second kappa shape index (κ2) is 7.48. The first-order valence-electron chi connectivity index (χ1n) is 6.30. The molecule has 1 rings (SSSR count). The predicted molar refractivity (Wildman–Crippen MR) is 74.0 cm³/mol. The summed E-state index contributed by atoms with van der Waals surface area (Å²) in [7, 11) is 1.12. The number of methoxy groups -OCH3 is 1. The minimum Gasteiger partial charge on any atom is -0.453 e. The maximum absolute atomic E-state index is 12.4. The van der Waals surface area contributed by atoms with Crippen molar-refractivity contribution in [1.29, 1.82) is 0 Å². The molecule has 0 saturated heterocycles. The van der Waals surface area contributed by atoms with E-state index in [0.717, 1.165) is 25.3 Å². The highest BCUT2D eigenvalue weighted by Crippen LogP contribution is 2.30. The van der Waals surface area contributed by atoms with E-state index in [1.165, 1.54) is 12.1 Å². The number of allylic oxidation sites excluding steroid dienone is 1. The molecule has 0 spiro atoms. The summed E-state index contributed by atoms with van der Waals surface area (Å²) in [5, 5.41) is 4.75. The molecule has 0 unspecified atom stereocenters. The zero-order valence-electron chi connectivity index (χ0n) is 12.0. The van der Waals surface area contributed by atoms with Crippen molar-refractivity contribution < 1.29 is 27.5 Å². The van der Waals surface area contributed by atoms with Crippen molar-refractivity contribution in [2.24, 2.45) is 0 Å². The Morgan fingerprint density at radius 1 is 1.23 bits per heavy atom. The van der Waals surface area contributed by atoms with Gasteiger partial charge in [0.05, 0.1) is 12.7 Å². The summed E-state index contributed by atoms with van der Waals surface area (Å²) < 4.78 is 41.6. The third-order valence-corrected chi connectivity index (χ3v) is 2.61. The Kier molecular flexibility index (Phi) is 5.97. The summed E-state index contributed by atoms with van der Waals surface area (Å²) in [6.45, 7) is 1.74. The molecule has 0 aliphatic heterocycles. The lowest BCUT2D eigenvalue weighted by Crippen LogP contribution is -2.29. The van der Waals surface area contributed by atoms with Crippen molar-refractivity contribution in [2.45, 2.75) is 19.5 Å². The fraction of sp³-hybridized carbons (Fsp3) is 0.286. The second-order valence-corrected chi connectivity index (χ2v) is 4.20. The number of rotatable bonds is 4. The van der Waals surface area contributed by atoms with Crippen LogP contribution in [0.3, 0.4) is 0 Å². The third-order valence-electron chi connectivity index (χ3n) is 2.61. The first-order chi connectivity index (χ1) is 10.3. The summed E-state index contributed by atoms with van der Waals surface area (Å²) in [4.78, 5) is 22.4. The Hall–Kier alpha value is -2.51. The average molecular weight is 316 g/mol. The number of alkyl carbamates (subject to hydrolysis) is 1. The van der Waals surface area contributed by atoms with E-state index in [0.29, 0.717) is 17.8 Å². The molecule has 22 heavy (non-hydrogen) atoms. The minimum absolute atomic E-state index is 0.395. The molecule has 2 N–H and O–H groups in total. The van der Waals surface area contributed by atoms with Crippen molar-refractivity contribution in [3.05, 3.63) is 41.6 Å². The van der Waals surface area contributed by atoms with Crippen molar-refractivity contribution in [1.82, 2.24) is 5.32 Å². The molecule has 5 nitrogen and oxygen atoms in total. The molecule has 2 amide bonds. The fourth-order valence-electron chi connectivity index (χ4n) is 1.50. The Morgan fingerprint density at radius 3 is 2.27 bits per heavy atom. The number of alkyl halides is 3. The van der Waals surface area contributed by atoms with Crippen molar-refractivity contribution in [2.75, 3.05) is 12.4 Å². The number of carbonyl (C=O) groups is 2. The molecule has 0 aliphatic rings. The van der Waals surface area contributed by atoms with Gasteiger partial charge >= 0.3 is 12.3 Å². The van der Waals surface area contributed by atoms with E-state index < -0.39 is 23.7 Å². The first kappa shape index (κ1) is 17.5. The Morgan fingerprint density at radius 2 is 1.82 bits per heavy atom. The van der Waals surface area contributed by atoms with Crippen LogP contribution >= 0.6 is 0 Å². The quantitative estimate of drug-likeness (QED) is 0.837. The topological polar surface area (TPSA) is 67.4 Å². The molecule has 120 valence electrons. The lowest BCUT2D eigenvalue weighted by atomic mass is 10.2. The monoisotopic (exact) mass is 316 g/mol. The van der Waals surface area contributed by atoms with Crippen LogP contribution in [0.1, 0.15) is 18.9 Å². The maximum Gasteiger partial charge on any atom is 0.416 e. The van der Waals surface area contributed by atoms with Gasteiger partial charge < -0.3 is 10.1 Å². The maximum atomic E-state index is 12.4. The number of amides is 2. The standard InChI is InChI=1S/C14H15F3N2O3/c1-3-10(8-12(20)19-13(21)22-2)18-11-6-4-9(5-7-11)14(15,16)17/h4-8,18H,3H2,1-2H3,(H,19,20,21). The van der Waals surface area contributed by atoms with Gasteiger partial charge in [-0.05, 0) is 30.7 Å². The molecule has 0 aliphatic carbocycles. The van der Waals surface area contributed by atoms with E-state index in [4.69, 9.17) is 0 Å². The zero-order chi connectivity index (χ0) is 16.8. The Balaban J connectivity index is 2.77. The number of nitrogens with one attached hydrogen (secondary N) is 2. The van der Waals surface area contributed by atoms with Gasteiger partial charge in [-0.3, -0.25) is 10.1 Å². The SMILES string of the molecule is CCC(=CC(=O)NC(=O)OC)Nc1ccc(C(F)(F)F)cc1. The number of anilines is 1. The highest BCUT2D eigenvalue weighted by Gasteiger charge is 2.29. The highest BCUT2D eigenvalue weighted by molar-refractivity contribution is 5.99. The van der Waals surface area contributed by atoms with Crippen LogP contribution in [0.2, 0.25) is 0 Å². The first-order valence-corrected chi connectivity index (χ1v) is 6.30. The Labute approximate surface area is 125 Å². The molecular formula is C14H15F3N2O3. The van der Waals surface area contributed by atoms with Gasteiger partial charge in [-0.2, -0.15) is 13.2 Å². The highest BCUT2D eigenvalue weighted by atomic mass is 19.4. The molecule has 0 fully saturated rings. The predicted octanol–water partition coefficient (Wildman–Crippen LogP) is 3.29. The van der Waals surface area contributed by atoms with E-state index in [9.17, 15) is 22.8 Å². The number of hydrogen-bond donors (Lipinski definition) is 2. The molecule has 0 radical (unpaired) electrons. The van der Waals surface area contributed by atoms with Crippen molar-refractivity contribution >= 4 is 17.7 Å². The van der Waals surface area contributed by atoms with E-state index in [2.05, 4.69) is 10.1 Å². The van der Waals surface area contributed by atoms with Gasteiger partial charge in [-0.25, -0.2) is 4.79 Å². The smallest absolute Gasteiger partial charge is 0.416 e. The van der Waals surface area contributed by atoms with Gasteiger partial charge in [0.1, 0.15) is 0 Å². The van der Waals surface area contributed by atoms with E-state index >= 15 is 0 Å². The largest absolute Gasteiger partial charge is 0.453 e. The number of hydrogen-bond acceptors (Lipinski definition) is 4. The van der Waals surface area contributed by atoms with Gasteiger partial charge in [-0.15, -0.1) is 0 Å². The fourth-order valence-corrected chi connectivity index (χ4v) is 1.50. The summed E-state index contributed by atoms with van der Waals surface area (Å²) in [6, 6.07) is 4.38. The van der Waals surface area contributed by atoms with Gasteiger partial charge in [0.2, 0.25) is 0 Å². The molecule has 0 saturated carbocycles. The summed E-state index contributed by atoms with van der Waals surface area (Å²) >= 11 is 0. The lowest BCUT2D eigenvalue weighted by molar-refractivity contribution is -0.137. The van der Waals surface area contributed by atoms with Gasteiger partial charge in [0.25, 0.3) is 5.91 Å². The minimum atomic E-state index is -4.40. The molecule has 0 atom stereocenters. The number of carbonyl (C=O) groups excluding carboxylic acids is 2. The van der Waals surface area contributed by atoms with Crippen LogP contribution in [0, 0.1) is 0 Å². The number of ether oxygens (including phenoxy) is 1. The second-order valence-electron chi connectivity index (χ2n) is 4.20. The molecule has 1 aromatic carbocycles. The van der Waals surface area contributed by atoms with E-state index in [1.807, 2.05) is 5.32 Å². The number of halogens is 3. The summed E-state index contributed by atoms with van der Waals surface area (Å²) in [5.74, 6) is -0.692. The summed E-state index contributed by atoms with van der Waals surface area (Å²) in [5.41, 5.74) is 0.0663. The lowest BCUT2D eigenvalue weighted by Gasteiger charge is -2.11. The molecule has 8 heteroatoms.